The van der Waals surface area contributed by atoms with Gasteiger partial charge in [0.1, 0.15) is 24.0 Å². The molecule has 0 unspecified atom stereocenters. The van der Waals surface area contributed by atoms with Gasteiger partial charge in [0.05, 0.1) is 18.7 Å². The predicted molar refractivity (Wildman–Crippen MR) is 141 cm³/mol. The van der Waals surface area contributed by atoms with Crippen LogP contribution in [0.4, 0.5) is 5.69 Å². The third-order valence-corrected chi connectivity index (χ3v) is 5.63. The summed E-state index contributed by atoms with van der Waals surface area (Å²) in [6.45, 7) is 2.70. The molecule has 3 aromatic rings. The Labute approximate surface area is 217 Å². The minimum Gasteiger partial charge on any atom is -0.494 e. The number of rotatable bonds is 9. The first-order valence-corrected chi connectivity index (χ1v) is 11.8. The second-order valence-corrected chi connectivity index (χ2v) is 8.69. The van der Waals surface area contributed by atoms with Crippen LogP contribution in [-0.4, -0.2) is 19.6 Å². The van der Waals surface area contributed by atoms with Crippen molar-refractivity contribution in [3.05, 3.63) is 86.0 Å². The molecule has 3 rings (SSSR count). The number of carbonyl (C=O) groups is 1. The van der Waals surface area contributed by atoms with Crippen molar-refractivity contribution in [1.29, 1.82) is 5.26 Å². The molecule has 0 heterocycles. The summed E-state index contributed by atoms with van der Waals surface area (Å²) in [5, 5.41) is 12.6. The average Bonchev–Trinajstić information content (AvgIpc) is 2.83. The van der Waals surface area contributed by atoms with Gasteiger partial charge in [-0.05, 0) is 83.1 Å². The lowest BCUT2D eigenvalue weighted by Gasteiger charge is -2.14. The smallest absolute Gasteiger partial charge is 0.266 e. The maximum Gasteiger partial charge on any atom is 0.266 e. The zero-order chi connectivity index (χ0) is 24.5. The van der Waals surface area contributed by atoms with Crippen molar-refractivity contribution in [2.24, 2.45) is 0 Å². The van der Waals surface area contributed by atoms with E-state index in [2.05, 4.69) is 27.9 Å². The highest BCUT2D eigenvalue weighted by Crippen LogP contribution is 2.37. The molecule has 0 saturated carbocycles. The number of halogens is 2. The molecule has 8 heteroatoms. The van der Waals surface area contributed by atoms with Gasteiger partial charge in [0.2, 0.25) is 0 Å². The number of ether oxygens (including phenoxy) is 3. The van der Waals surface area contributed by atoms with Crippen LogP contribution in [0.3, 0.4) is 0 Å². The standard InChI is InChI=1S/C26H22ClIN2O4/c1-3-33-22-6-4-5-21(14-22)30-26(31)19(15-29)11-18-12-23(27)25(24(13-18)32-2)34-16-17-7-9-20(28)10-8-17/h4-14H,3,16H2,1-2H3,(H,30,31)/b19-11-. The summed E-state index contributed by atoms with van der Waals surface area (Å²) >= 11 is 8.69. The summed E-state index contributed by atoms with van der Waals surface area (Å²) in [7, 11) is 1.50. The van der Waals surface area contributed by atoms with Crippen LogP contribution in [0.1, 0.15) is 18.1 Å². The Bertz CT molecular complexity index is 1240. The number of hydrogen-bond donors (Lipinski definition) is 1. The molecule has 0 fully saturated rings. The molecular weight excluding hydrogens is 567 g/mol. The number of benzene rings is 3. The maximum atomic E-state index is 12.7. The molecule has 0 radical (unpaired) electrons. The number of anilines is 1. The van der Waals surface area contributed by atoms with Crippen LogP contribution in [0.15, 0.2) is 66.2 Å². The number of nitrogens with zero attached hydrogens (tertiary/aromatic N) is 1. The van der Waals surface area contributed by atoms with Crippen LogP contribution < -0.4 is 19.5 Å². The molecule has 34 heavy (non-hydrogen) atoms. The van der Waals surface area contributed by atoms with Crippen molar-refractivity contribution in [2.75, 3.05) is 19.0 Å². The van der Waals surface area contributed by atoms with Gasteiger partial charge in [-0.3, -0.25) is 4.79 Å². The summed E-state index contributed by atoms with van der Waals surface area (Å²) in [4.78, 5) is 12.7. The third-order valence-electron chi connectivity index (χ3n) is 4.63. The summed E-state index contributed by atoms with van der Waals surface area (Å²) in [5.74, 6) is 0.854. The quantitative estimate of drug-likeness (QED) is 0.176. The second kappa shape index (κ2) is 12.3. The van der Waals surface area contributed by atoms with E-state index in [1.807, 2.05) is 37.3 Å². The van der Waals surface area contributed by atoms with Gasteiger partial charge < -0.3 is 19.5 Å². The number of hydrogen-bond acceptors (Lipinski definition) is 5. The van der Waals surface area contributed by atoms with E-state index < -0.39 is 5.91 Å². The van der Waals surface area contributed by atoms with Crippen molar-refractivity contribution < 1.29 is 19.0 Å². The Morgan fingerprint density at radius 3 is 2.59 bits per heavy atom. The van der Waals surface area contributed by atoms with Crippen LogP contribution in [-0.2, 0) is 11.4 Å². The number of nitriles is 1. The largest absolute Gasteiger partial charge is 0.494 e. The fourth-order valence-electron chi connectivity index (χ4n) is 3.04. The molecule has 0 aromatic heterocycles. The first-order chi connectivity index (χ1) is 16.4. The molecule has 1 N–H and O–H groups in total. The lowest BCUT2D eigenvalue weighted by molar-refractivity contribution is -0.112. The predicted octanol–water partition coefficient (Wildman–Crippen LogP) is 6.48. The molecular formula is C26H22ClIN2O4. The van der Waals surface area contributed by atoms with Crippen molar-refractivity contribution in [3.63, 3.8) is 0 Å². The van der Waals surface area contributed by atoms with Crippen LogP contribution in [0.2, 0.25) is 5.02 Å². The van der Waals surface area contributed by atoms with Gasteiger partial charge in [-0.1, -0.05) is 29.8 Å². The van der Waals surface area contributed by atoms with Crippen LogP contribution in [0, 0.1) is 14.9 Å². The molecule has 0 aliphatic rings. The monoisotopic (exact) mass is 588 g/mol. The Morgan fingerprint density at radius 1 is 1.15 bits per heavy atom. The summed E-state index contributed by atoms with van der Waals surface area (Å²) in [6.07, 6.45) is 1.44. The fraction of sp³-hybridized carbons (Fsp3) is 0.154. The molecule has 0 atom stereocenters. The lowest BCUT2D eigenvalue weighted by Crippen LogP contribution is -2.13. The van der Waals surface area contributed by atoms with Gasteiger partial charge in [-0.2, -0.15) is 5.26 Å². The molecule has 0 aliphatic carbocycles. The number of methoxy groups -OCH3 is 1. The van der Waals surface area contributed by atoms with Crippen molar-refractivity contribution in [3.8, 4) is 23.3 Å². The Kier molecular flexibility index (Phi) is 9.19. The lowest BCUT2D eigenvalue weighted by atomic mass is 10.1. The minimum absolute atomic E-state index is 0.0903. The van der Waals surface area contributed by atoms with Gasteiger partial charge in [0.25, 0.3) is 5.91 Å². The van der Waals surface area contributed by atoms with Crippen LogP contribution >= 0.6 is 34.2 Å². The minimum atomic E-state index is -0.551. The van der Waals surface area contributed by atoms with Gasteiger partial charge in [-0.25, -0.2) is 0 Å². The summed E-state index contributed by atoms with van der Waals surface area (Å²) in [5.41, 5.74) is 1.94. The highest BCUT2D eigenvalue weighted by Gasteiger charge is 2.15. The molecule has 0 bridgehead atoms. The Balaban J connectivity index is 1.79. The Morgan fingerprint density at radius 2 is 1.91 bits per heavy atom. The summed E-state index contributed by atoms with van der Waals surface area (Å²) in [6, 6.07) is 20.1. The molecule has 6 nitrogen and oxygen atoms in total. The van der Waals surface area contributed by atoms with Crippen LogP contribution in [0.25, 0.3) is 6.08 Å². The van der Waals surface area contributed by atoms with Gasteiger partial charge in [-0.15, -0.1) is 0 Å². The van der Waals surface area contributed by atoms with Crippen molar-refractivity contribution in [1.82, 2.24) is 0 Å². The summed E-state index contributed by atoms with van der Waals surface area (Å²) < 4.78 is 17.9. The van der Waals surface area contributed by atoms with Crippen molar-refractivity contribution in [2.45, 2.75) is 13.5 Å². The number of nitrogens with one attached hydrogen (secondary N) is 1. The van der Waals surface area contributed by atoms with E-state index in [1.54, 1.807) is 36.4 Å². The number of carbonyl (C=O) groups excluding carboxylic acids is 1. The zero-order valence-corrected chi connectivity index (χ0v) is 21.5. The topological polar surface area (TPSA) is 80.6 Å². The third kappa shape index (κ3) is 6.89. The Hall–Kier alpha value is -3.22. The highest BCUT2D eigenvalue weighted by atomic mass is 127. The zero-order valence-electron chi connectivity index (χ0n) is 18.6. The SMILES string of the molecule is CCOc1cccc(NC(=O)/C(C#N)=C\c2cc(Cl)c(OCc3ccc(I)cc3)c(OC)c2)c1. The van der Waals surface area contributed by atoms with E-state index in [9.17, 15) is 10.1 Å². The molecule has 1 amide bonds. The van der Waals surface area contributed by atoms with E-state index in [-0.39, 0.29) is 5.57 Å². The van der Waals surface area contributed by atoms with E-state index >= 15 is 0 Å². The van der Waals surface area contributed by atoms with Crippen molar-refractivity contribution >= 4 is 51.9 Å². The van der Waals surface area contributed by atoms with Gasteiger partial charge >= 0.3 is 0 Å². The highest BCUT2D eigenvalue weighted by molar-refractivity contribution is 14.1. The van der Waals surface area contributed by atoms with Gasteiger partial charge in [0.15, 0.2) is 11.5 Å². The molecule has 3 aromatic carbocycles. The average molecular weight is 589 g/mol. The first-order valence-electron chi connectivity index (χ1n) is 10.3. The normalized spacial score (nSPS) is 10.9. The molecule has 174 valence electrons. The number of amides is 1. The van der Waals surface area contributed by atoms with Gasteiger partial charge in [0, 0.05) is 15.3 Å². The molecule has 0 aliphatic heterocycles. The molecule has 0 saturated heterocycles. The van der Waals surface area contributed by atoms with E-state index in [0.717, 1.165) is 9.13 Å². The first kappa shape index (κ1) is 25.4. The second-order valence-electron chi connectivity index (χ2n) is 7.03. The fourth-order valence-corrected chi connectivity index (χ4v) is 3.68. The van der Waals surface area contributed by atoms with E-state index in [4.69, 9.17) is 25.8 Å². The maximum absolute atomic E-state index is 12.7. The van der Waals surface area contributed by atoms with E-state index in [1.165, 1.54) is 13.2 Å². The van der Waals surface area contributed by atoms with Crippen LogP contribution in [0.5, 0.6) is 17.2 Å². The van der Waals surface area contributed by atoms with E-state index in [0.29, 0.717) is 46.7 Å². The molecule has 0 spiro atoms.